The van der Waals surface area contributed by atoms with Crippen molar-refractivity contribution in [3.05, 3.63) is 47.5 Å². The summed E-state index contributed by atoms with van der Waals surface area (Å²) in [6, 6.07) is 11.9. The molecule has 0 aliphatic rings. The van der Waals surface area contributed by atoms with Crippen LogP contribution in [-0.2, 0) is 12.8 Å². The number of aromatic hydroxyl groups is 1. The topological polar surface area (TPSA) is 50.9 Å². The number of phenolic OH excluding ortho intramolecular Hbond substituents is 1. The van der Waals surface area contributed by atoms with Crippen LogP contribution >= 0.6 is 0 Å². The normalized spacial score (nSPS) is 11.2. The van der Waals surface area contributed by atoms with Gasteiger partial charge in [0, 0.05) is 0 Å². The maximum Gasteiger partial charge on any atom is 0.143 e. The fraction of sp³-hybridized carbons (Fsp3) is 0.400. The van der Waals surface area contributed by atoms with Gasteiger partial charge < -0.3 is 5.11 Å². The zero-order valence-corrected chi connectivity index (χ0v) is 14.5. The average molecular weight is 323 g/mol. The highest BCUT2D eigenvalue weighted by atomic mass is 16.3. The molecule has 0 bridgehead atoms. The molecule has 0 fully saturated rings. The molecule has 3 rings (SSSR count). The standard InChI is InChI=1S/C20H25N3O/c1-3-5-6-7-8-16-10-12-19(20(24)14-16)23-21-17-11-9-15(4-2)13-18(17)22-23/h9-14,24H,3-8H2,1-2H3. The molecule has 2 aromatic carbocycles. The second-order valence-corrected chi connectivity index (χ2v) is 6.30. The number of hydrogen-bond acceptors (Lipinski definition) is 3. The van der Waals surface area contributed by atoms with Crippen LogP contribution < -0.4 is 0 Å². The maximum atomic E-state index is 10.4. The summed E-state index contributed by atoms with van der Waals surface area (Å²) in [6.45, 7) is 4.34. The molecule has 0 radical (unpaired) electrons. The third kappa shape index (κ3) is 3.58. The molecule has 1 N–H and O–H groups in total. The van der Waals surface area contributed by atoms with Crippen LogP contribution in [0.3, 0.4) is 0 Å². The van der Waals surface area contributed by atoms with Gasteiger partial charge in [-0.05, 0) is 54.7 Å². The Kier molecular flexibility index (Phi) is 5.14. The van der Waals surface area contributed by atoms with E-state index in [0.717, 1.165) is 35.9 Å². The number of aromatic nitrogens is 3. The van der Waals surface area contributed by atoms with E-state index in [1.807, 2.05) is 18.2 Å². The predicted octanol–water partition coefficient (Wildman–Crippen LogP) is 4.81. The maximum absolute atomic E-state index is 10.4. The molecule has 126 valence electrons. The summed E-state index contributed by atoms with van der Waals surface area (Å²) in [5.41, 5.74) is 4.73. The summed E-state index contributed by atoms with van der Waals surface area (Å²) in [5.74, 6) is 0.235. The summed E-state index contributed by atoms with van der Waals surface area (Å²) >= 11 is 0. The van der Waals surface area contributed by atoms with Crippen LogP contribution in [0.25, 0.3) is 16.7 Å². The van der Waals surface area contributed by atoms with Crippen molar-refractivity contribution in [2.24, 2.45) is 0 Å². The number of unbranched alkanes of at least 4 members (excludes halogenated alkanes) is 3. The zero-order chi connectivity index (χ0) is 16.9. The van der Waals surface area contributed by atoms with Crippen LogP contribution in [0.1, 0.15) is 50.7 Å². The molecule has 0 unspecified atom stereocenters. The molecule has 4 nitrogen and oxygen atoms in total. The van der Waals surface area contributed by atoms with Gasteiger partial charge in [0.2, 0.25) is 0 Å². The summed E-state index contributed by atoms with van der Waals surface area (Å²) in [4.78, 5) is 1.53. The van der Waals surface area contributed by atoms with Gasteiger partial charge in [0.05, 0.1) is 0 Å². The first kappa shape index (κ1) is 16.5. The van der Waals surface area contributed by atoms with Gasteiger partial charge in [-0.2, -0.15) is 0 Å². The summed E-state index contributed by atoms with van der Waals surface area (Å²) in [5, 5.41) is 19.4. The molecule has 0 aliphatic carbocycles. The number of rotatable bonds is 7. The molecule has 0 aliphatic heterocycles. The third-order valence-corrected chi connectivity index (χ3v) is 4.43. The van der Waals surface area contributed by atoms with Gasteiger partial charge in [0.25, 0.3) is 0 Å². The van der Waals surface area contributed by atoms with Gasteiger partial charge in [-0.3, -0.25) is 0 Å². The van der Waals surface area contributed by atoms with E-state index in [-0.39, 0.29) is 5.75 Å². The van der Waals surface area contributed by atoms with Crippen molar-refractivity contribution in [2.45, 2.75) is 52.4 Å². The Balaban J connectivity index is 1.81. The number of phenols is 1. The number of benzene rings is 2. The van der Waals surface area contributed by atoms with Gasteiger partial charge in [-0.1, -0.05) is 45.2 Å². The van der Waals surface area contributed by atoms with Gasteiger partial charge in [0.15, 0.2) is 0 Å². The van der Waals surface area contributed by atoms with Crippen LogP contribution in [-0.4, -0.2) is 20.1 Å². The number of aryl methyl sites for hydroxylation is 2. The Hall–Kier alpha value is -2.36. The summed E-state index contributed by atoms with van der Waals surface area (Å²) < 4.78 is 0. The molecule has 0 amide bonds. The molecule has 0 spiro atoms. The zero-order valence-electron chi connectivity index (χ0n) is 14.5. The highest BCUT2D eigenvalue weighted by molar-refractivity contribution is 5.74. The van der Waals surface area contributed by atoms with Crippen molar-refractivity contribution in [2.75, 3.05) is 0 Å². The van der Waals surface area contributed by atoms with Crippen molar-refractivity contribution in [1.29, 1.82) is 0 Å². The molecule has 24 heavy (non-hydrogen) atoms. The van der Waals surface area contributed by atoms with Crippen molar-refractivity contribution in [3.63, 3.8) is 0 Å². The largest absolute Gasteiger partial charge is 0.506 e. The summed E-state index contributed by atoms with van der Waals surface area (Å²) in [7, 11) is 0. The lowest BCUT2D eigenvalue weighted by Gasteiger charge is -2.06. The van der Waals surface area contributed by atoms with Crippen LogP contribution in [0.4, 0.5) is 0 Å². The van der Waals surface area contributed by atoms with Crippen molar-refractivity contribution < 1.29 is 5.11 Å². The molecule has 0 saturated carbocycles. The van der Waals surface area contributed by atoms with E-state index < -0.39 is 0 Å². The van der Waals surface area contributed by atoms with Gasteiger partial charge in [-0.25, -0.2) is 0 Å². The minimum Gasteiger partial charge on any atom is -0.506 e. The number of nitrogens with zero attached hydrogens (tertiary/aromatic N) is 3. The van der Waals surface area contributed by atoms with Crippen LogP contribution in [0.15, 0.2) is 36.4 Å². The highest BCUT2D eigenvalue weighted by Gasteiger charge is 2.10. The average Bonchev–Trinajstić information content (AvgIpc) is 3.01. The van der Waals surface area contributed by atoms with Crippen molar-refractivity contribution >= 4 is 11.0 Å². The third-order valence-electron chi connectivity index (χ3n) is 4.43. The fourth-order valence-electron chi connectivity index (χ4n) is 2.94. The first-order valence-electron chi connectivity index (χ1n) is 8.89. The van der Waals surface area contributed by atoms with Crippen molar-refractivity contribution in [1.82, 2.24) is 15.0 Å². The minimum absolute atomic E-state index is 0.235. The Morgan fingerprint density at radius 2 is 1.67 bits per heavy atom. The van der Waals surface area contributed by atoms with E-state index in [9.17, 15) is 5.11 Å². The van der Waals surface area contributed by atoms with Crippen LogP contribution in [0.2, 0.25) is 0 Å². The Morgan fingerprint density at radius 1 is 0.875 bits per heavy atom. The molecule has 4 heteroatoms. The van der Waals surface area contributed by atoms with Crippen LogP contribution in [0.5, 0.6) is 5.75 Å². The second-order valence-electron chi connectivity index (χ2n) is 6.30. The Labute approximate surface area is 143 Å². The fourth-order valence-corrected chi connectivity index (χ4v) is 2.94. The molecule has 1 heterocycles. The van der Waals surface area contributed by atoms with Gasteiger partial charge in [-0.15, -0.1) is 15.0 Å². The lowest BCUT2D eigenvalue weighted by atomic mass is 10.1. The van der Waals surface area contributed by atoms with Gasteiger partial charge >= 0.3 is 0 Å². The first-order chi connectivity index (χ1) is 11.7. The van der Waals surface area contributed by atoms with E-state index in [1.54, 1.807) is 0 Å². The van der Waals surface area contributed by atoms with Crippen LogP contribution in [0, 0.1) is 0 Å². The molecule has 3 aromatic rings. The predicted molar refractivity (Wildman–Crippen MR) is 97.8 cm³/mol. The van der Waals surface area contributed by atoms with E-state index >= 15 is 0 Å². The van der Waals surface area contributed by atoms with E-state index in [2.05, 4.69) is 42.2 Å². The number of fused-ring (bicyclic) bond motifs is 1. The summed E-state index contributed by atoms with van der Waals surface area (Å²) in [6.07, 6.45) is 6.89. The molecular formula is C20H25N3O. The molecular weight excluding hydrogens is 298 g/mol. The quantitative estimate of drug-likeness (QED) is 0.635. The monoisotopic (exact) mass is 323 g/mol. The Morgan fingerprint density at radius 3 is 2.42 bits per heavy atom. The second kappa shape index (κ2) is 7.47. The Bertz CT molecular complexity index is 823. The lowest BCUT2D eigenvalue weighted by molar-refractivity contribution is 0.466. The molecule has 0 saturated heterocycles. The highest BCUT2D eigenvalue weighted by Crippen LogP contribution is 2.24. The van der Waals surface area contributed by atoms with Gasteiger partial charge in [0.1, 0.15) is 22.5 Å². The number of hydrogen-bond donors (Lipinski definition) is 1. The van der Waals surface area contributed by atoms with Crippen molar-refractivity contribution in [3.8, 4) is 11.4 Å². The van der Waals surface area contributed by atoms with E-state index in [0.29, 0.717) is 5.69 Å². The molecule has 1 aromatic heterocycles. The van der Waals surface area contributed by atoms with E-state index in [1.165, 1.54) is 29.6 Å². The lowest BCUT2D eigenvalue weighted by Crippen LogP contribution is -1.99. The smallest absolute Gasteiger partial charge is 0.143 e. The van der Waals surface area contributed by atoms with E-state index in [4.69, 9.17) is 0 Å². The molecule has 0 atom stereocenters. The first-order valence-corrected chi connectivity index (χ1v) is 8.89. The minimum atomic E-state index is 0.235. The SMILES string of the molecule is CCCCCCc1ccc(-n2nc3ccc(CC)cc3n2)c(O)c1.